The Morgan fingerprint density at radius 1 is 1.75 bits per heavy atom. The molecule has 0 bridgehead atoms. The molecule has 1 fully saturated rings. The number of amides is 1. The van der Waals surface area contributed by atoms with Gasteiger partial charge < -0.3 is 10.4 Å². The molecule has 1 amide bonds. The molecule has 70 valence electrons. The molecule has 0 heterocycles. The molecule has 0 aromatic carbocycles. The lowest BCUT2D eigenvalue weighted by Gasteiger charge is -2.26. The Kier molecular flexibility index (Phi) is 2.73. The third-order valence-corrected chi connectivity index (χ3v) is 2.58. The van der Waals surface area contributed by atoms with E-state index < -0.39 is 5.60 Å². The van der Waals surface area contributed by atoms with Crippen LogP contribution in [0.3, 0.4) is 0 Å². The number of aliphatic hydroxyl groups is 1. The smallest absolute Gasteiger partial charge is 0.220 e. The zero-order valence-electron chi connectivity index (χ0n) is 7.76. The van der Waals surface area contributed by atoms with Crippen molar-refractivity contribution in [2.24, 2.45) is 0 Å². The first-order chi connectivity index (χ1) is 5.56. The molecule has 2 N–H and O–H groups in total. The van der Waals surface area contributed by atoms with Gasteiger partial charge in [0.2, 0.25) is 5.91 Å². The second-order valence-electron chi connectivity index (χ2n) is 3.72. The summed E-state index contributed by atoms with van der Waals surface area (Å²) in [6.45, 7) is 3.61. The molecule has 1 aliphatic carbocycles. The Morgan fingerprint density at radius 2 is 2.42 bits per heavy atom. The van der Waals surface area contributed by atoms with Crippen LogP contribution in [-0.4, -0.2) is 22.7 Å². The fraction of sp³-hybridized carbons (Fsp3) is 0.889. The highest BCUT2D eigenvalue weighted by Gasteiger charge is 2.37. The van der Waals surface area contributed by atoms with E-state index in [1.807, 2.05) is 6.92 Å². The molecule has 0 spiro atoms. The van der Waals surface area contributed by atoms with Gasteiger partial charge in [-0.05, 0) is 26.2 Å². The van der Waals surface area contributed by atoms with Crippen molar-refractivity contribution in [3.63, 3.8) is 0 Å². The highest BCUT2D eigenvalue weighted by atomic mass is 16.3. The van der Waals surface area contributed by atoms with E-state index in [4.69, 9.17) is 0 Å². The van der Waals surface area contributed by atoms with Crippen LogP contribution in [-0.2, 0) is 4.79 Å². The van der Waals surface area contributed by atoms with E-state index in [1.165, 1.54) is 0 Å². The van der Waals surface area contributed by atoms with Gasteiger partial charge in [0.05, 0.1) is 11.6 Å². The van der Waals surface area contributed by atoms with Crippen molar-refractivity contribution in [3.05, 3.63) is 0 Å². The first kappa shape index (κ1) is 9.52. The summed E-state index contributed by atoms with van der Waals surface area (Å²) in [6.07, 6.45) is 3.19. The van der Waals surface area contributed by atoms with Crippen LogP contribution in [0, 0.1) is 0 Å². The summed E-state index contributed by atoms with van der Waals surface area (Å²) < 4.78 is 0. The highest BCUT2D eigenvalue weighted by molar-refractivity contribution is 5.76. The molecule has 3 nitrogen and oxygen atoms in total. The molecule has 1 aliphatic rings. The average Bonchev–Trinajstić information content (AvgIpc) is 2.31. The number of carbonyl (C=O) groups is 1. The van der Waals surface area contributed by atoms with Gasteiger partial charge in [-0.1, -0.05) is 6.92 Å². The lowest BCUT2D eigenvalue weighted by atomic mass is 10.0. The van der Waals surface area contributed by atoms with Crippen molar-refractivity contribution in [1.29, 1.82) is 0 Å². The maximum absolute atomic E-state index is 11.0. The maximum atomic E-state index is 11.0. The van der Waals surface area contributed by atoms with Gasteiger partial charge in [0.15, 0.2) is 0 Å². The normalized spacial score (nSPS) is 35.1. The molecule has 3 heteroatoms. The molecule has 0 aromatic rings. The Hall–Kier alpha value is -0.570. The predicted molar refractivity (Wildman–Crippen MR) is 46.7 cm³/mol. The average molecular weight is 171 g/mol. The van der Waals surface area contributed by atoms with E-state index in [1.54, 1.807) is 6.92 Å². The minimum Gasteiger partial charge on any atom is -0.388 e. The molecule has 0 aromatic heterocycles. The van der Waals surface area contributed by atoms with Gasteiger partial charge >= 0.3 is 0 Å². The largest absolute Gasteiger partial charge is 0.388 e. The Balaban J connectivity index is 2.47. The highest BCUT2D eigenvalue weighted by Crippen LogP contribution is 2.29. The summed E-state index contributed by atoms with van der Waals surface area (Å²) in [7, 11) is 0. The van der Waals surface area contributed by atoms with Crippen LogP contribution in [0.25, 0.3) is 0 Å². The molecule has 0 aliphatic heterocycles. The lowest BCUT2D eigenvalue weighted by Crippen LogP contribution is -2.46. The Labute approximate surface area is 73.2 Å². The van der Waals surface area contributed by atoms with Crippen molar-refractivity contribution in [3.8, 4) is 0 Å². The van der Waals surface area contributed by atoms with Crippen LogP contribution in [0.4, 0.5) is 0 Å². The zero-order chi connectivity index (χ0) is 9.19. The second kappa shape index (κ2) is 3.44. The van der Waals surface area contributed by atoms with Crippen molar-refractivity contribution in [1.82, 2.24) is 5.32 Å². The summed E-state index contributed by atoms with van der Waals surface area (Å²) in [5.74, 6) is 0.0298. The van der Waals surface area contributed by atoms with Crippen LogP contribution < -0.4 is 5.32 Å². The molecular formula is C9H17NO2. The standard InChI is InChI=1S/C9H17NO2/c1-3-8(11)10-7-5-4-6-9(7,2)12/h7,12H,3-6H2,1-2H3,(H,10,11). The van der Waals surface area contributed by atoms with E-state index in [9.17, 15) is 9.90 Å². The van der Waals surface area contributed by atoms with Gasteiger partial charge in [0.1, 0.15) is 0 Å². The fourth-order valence-corrected chi connectivity index (χ4v) is 1.67. The van der Waals surface area contributed by atoms with Gasteiger partial charge in [-0.15, -0.1) is 0 Å². The summed E-state index contributed by atoms with van der Waals surface area (Å²) in [5, 5.41) is 12.6. The lowest BCUT2D eigenvalue weighted by molar-refractivity contribution is -0.123. The van der Waals surface area contributed by atoms with E-state index in [-0.39, 0.29) is 11.9 Å². The summed E-state index contributed by atoms with van der Waals surface area (Å²) >= 11 is 0. The van der Waals surface area contributed by atoms with Crippen LogP contribution >= 0.6 is 0 Å². The van der Waals surface area contributed by atoms with Gasteiger partial charge in [-0.3, -0.25) is 4.79 Å². The van der Waals surface area contributed by atoms with Crippen molar-refractivity contribution >= 4 is 5.91 Å². The number of hydrogen-bond donors (Lipinski definition) is 2. The summed E-state index contributed by atoms with van der Waals surface area (Å²) in [4.78, 5) is 11.0. The zero-order valence-corrected chi connectivity index (χ0v) is 7.76. The molecule has 1 saturated carbocycles. The maximum Gasteiger partial charge on any atom is 0.220 e. The third kappa shape index (κ3) is 1.97. The predicted octanol–water partition coefficient (Wildman–Crippen LogP) is 0.816. The summed E-state index contributed by atoms with van der Waals surface area (Å²) in [5.41, 5.74) is -0.690. The molecule has 12 heavy (non-hydrogen) atoms. The SMILES string of the molecule is CCC(=O)NC1CCCC1(C)O. The number of nitrogens with one attached hydrogen (secondary N) is 1. The van der Waals surface area contributed by atoms with E-state index in [0.29, 0.717) is 6.42 Å². The second-order valence-corrected chi connectivity index (χ2v) is 3.72. The first-order valence-electron chi connectivity index (χ1n) is 4.58. The quantitative estimate of drug-likeness (QED) is 0.646. The van der Waals surface area contributed by atoms with E-state index in [2.05, 4.69) is 5.32 Å². The topological polar surface area (TPSA) is 49.3 Å². The number of hydrogen-bond acceptors (Lipinski definition) is 2. The van der Waals surface area contributed by atoms with Crippen LogP contribution in [0.2, 0.25) is 0 Å². The molecule has 0 radical (unpaired) electrons. The molecule has 2 unspecified atom stereocenters. The van der Waals surface area contributed by atoms with Gasteiger partial charge in [-0.2, -0.15) is 0 Å². The Bertz CT molecular complexity index is 177. The van der Waals surface area contributed by atoms with Crippen LogP contribution in [0.15, 0.2) is 0 Å². The van der Waals surface area contributed by atoms with E-state index >= 15 is 0 Å². The molecule has 1 rings (SSSR count). The molecular weight excluding hydrogens is 154 g/mol. The molecule has 0 saturated heterocycles. The summed E-state index contributed by atoms with van der Waals surface area (Å²) in [6, 6.07) is -0.0371. The van der Waals surface area contributed by atoms with Crippen molar-refractivity contribution < 1.29 is 9.90 Å². The number of rotatable bonds is 2. The fourth-order valence-electron chi connectivity index (χ4n) is 1.67. The molecule has 2 atom stereocenters. The van der Waals surface area contributed by atoms with Crippen LogP contribution in [0.5, 0.6) is 0 Å². The minimum atomic E-state index is -0.690. The first-order valence-corrected chi connectivity index (χ1v) is 4.58. The van der Waals surface area contributed by atoms with Crippen molar-refractivity contribution in [2.75, 3.05) is 0 Å². The van der Waals surface area contributed by atoms with E-state index in [0.717, 1.165) is 19.3 Å². The van der Waals surface area contributed by atoms with Gasteiger partial charge in [0.25, 0.3) is 0 Å². The van der Waals surface area contributed by atoms with Crippen molar-refractivity contribution in [2.45, 2.75) is 51.2 Å². The van der Waals surface area contributed by atoms with Crippen LogP contribution in [0.1, 0.15) is 39.5 Å². The monoisotopic (exact) mass is 171 g/mol. The van der Waals surface area contributed by atoms with Gasteiger partial charge in [-0.25, -0.2) is 0 Å². The van der Waals surface area contributed by atoms with Gasteiger partial charge in [0, 0.05) is 6.42 Å². The third-order valence-electron chi connectivity index (χ3n) is 2.58. The minimum absolute atomic E-state index is 0.0298. The Morgan fingerprint density at radius 3 is 2.83 bits per heavy atom. The number of carbonyl (C=O) groups excluding carboxylic acids is 1.